The molecule has 11 nitrogen and oxygen atoms in total. The number of anilines is 2. The number of aromatic amines is 1. The minimum absolute atomic E-state index is 0.0860. The summed E-state index contributed by atoms with van der Waals surface area (Å²) in [7, 11) is 0. The van der Waals surface area contributed by atoms with Crippen LogP contribution >= 0.6 is 0 Å². The number of nitrogens with zero attached hydrogens (tertiary/aromatic N) is 9. The van der Waals surface area contributed by atoms with Gasteiger partial charge in [-0.15, -0.1) is 10.2 Å². The van der Waals surface area contributed by atoms with Gasteiger partial charge in [0.15, 0.2) is 5.82 Å². The number of rotatable bonds is 4. The van der Waals surface area contributed by atoms with Crippen molar-refractivity contribution in [2.45, 2.75) is 19.3 Å². The van der Waals surface area contributed by atoms with E-state index in [-0.39, 0.29) is 18.9 Å². The molecule has 6 rings (SSSR count). The van der Waals surface area contributed by atoms with Crippen molar-refractivity contribution in [3.8, 4) is 28.6 Å². The Kier molecular flexibility index (Phi) is 5.91. The summed E-state index contributed by atoms with van der Waals surface area (Å²) < 4.78 is 40.4. The molecule has 0 radical (unpaired) electrons. The molecule has 14 heteroatoms. The lowest BCUT2D eigenvalue weighted by Gasteiger charge is -2.28. The first-order chi connectivity index (χ1) is 18.4. The summed E-state index contributed by atoms with van der Waals surface area (Å²) in [6, 6.07) is 7.89. The van der Waals surface area contributed by atoms with Crippen LogP contribution in [0.4, 0.5) is 24.9 Å². The first-order valence-electron chi connectivity index (χ1n) is 12.0. The van der Waals surface area contributed by atoms with Crippen molar-refractivity contribution >= 4 is 11.8 Å². The van der Waals surface area contributed by atoms with Gasteiger partial charge in [0.25, 0.3) is 0 Å². The van der Waals surface area contributed by atoms with Crippen molar-refractivity contribution in [1.29, 1.82) is 5.26 Å². The lowest BCUT2D eigenvalue weighted by Crippen LogP contribution is -2.44. The van der Waals surface area contributed by atoms with Crippen LogP contribution in [-0.4, -0.2) is 67.4 Å². The zero-order valence-corrected chi connectivity index (χ0v) is 20.1. The number of piperazine rings is 1. The van der Waals surface area contributed by atoms with Crippen molar-refractivity contribution in [3.63, 3.8) is 0 Å². The van der Waals surface area contributed by atoms with Gasteiger partial charge < -0.3 is 24.7 Å². The molecular formula is C24H22F3N11. The SMILES string of the molecule is N#Cc1cc(-c2ccnc(-c3cnc(N4CCn5c(nnc5C(F)(F)F)C4)nc3)c2)[nH]c1N1CCNCC1. The summed E-state index contributed by atoms with van der Waals surface area (Å²) in [6.45, 7) is 3.87. The van der Waals surface area contributed by atoms with E-state index in [0.717, 1.165) is 47.8 Å². The smallest absolute Gasteiger partial charge is 0.355 e. The summed E-state index contributed by atoms with van der Waals surface area (Å²) >= 11 is 0. The van der Waals surface area contributed by atoms with Crippen molar-refractivity contribution in [1.82, 2.24) is 40.0 Å². The van der Waals surface area contributed by atoms with E-state index in [2.05, 4.69) is 46.4 Å². The van der Waals surface area contributed by atoms with Gasteiger partial charge in [-0.3, -0.25) is 4.98 Å². The van der Waals surface area contributed by atoms with Gasteiger partial charge in [0.05, 0.1) is 17.8 Å². The molecule has 4 aromatic rings. The van der Waals surface area contributed by atoms with E-state index in [1.165, 1.54) is 0 Å². The fraction of sp³-hybridized carbons (Fsp3) is 0.333. The molecule has 0 aromatic carbocycles. The quantitative estimate of drug-likeness (QED) is 0.416. The zero-order valence-electron chi connectivity index (χ0n) is 20.1. The molecule has 0 spiro atoms. The Morgan fingerprint density at radius 2 is 1.71 bits per heavy atom. The molecule has 0 amide bonds. The number of aromatic nitrogens is 7. The maximum atomic E-state index is 13.1. The van der Waals surface area contributed by atoms with Gasteiger partial charge in [-0.25, -0.2) is 9.97 Å². The molecule has 2 N–H and O–H groups in total. The summed E-state index contributed by atoms with van der Waals surface area (Å²) in [5, 5.41) is 20.0. The average Bonchev–Trinajstić information content (AvgIpc) is 3.58. The van der Waals surface area contributed by atoms with E-state index in [0.29, 0.717) is 29.3 Å². The summed E-state index contributed by atoms with van der Waals surface area (Å²) in [6.07, 6.45) is 0.411. The first kappa shape index (κ1) is 23.9. The highest BCUT2D eigenvalue weighted by molar-refractivity contribution is 5.72. The Labute approximate surface area is 215 Å². The lowest BCUT2D eigenvalue weighted by atomic mass is 10.1. The summed E-state index contributed by atoms with van der Waals surface area (Å²) in [4.78, 5) is 20.6. The molecule has 0 atom stereocenters. The van der Waals surface area contributed by atoms with Crippen molar-refractivity contribution < 1.29 is 13.2 Å². The second-order valence-corrected chi connectivity index (χ2v) is 9.01. The topological polar surface area (TPSA) is 127 Å². The fourth-order valence-electron chi connectivity index (χ4n) is 4.73. The molecule has 6 heterocycles. The molecule has 38 heavy (non-hydrogen) atoms. The number of alkyl halides is 3. The lowest BCUT2D eigenvalue weighted by molar-refractivity contribution is -0.147. The molecule has 4 aromatic heterocycles. The predicted octanol–water partition coefficient (Wildman–Crippen LogP) is 2.45. The monoisotopic (exact) mass is 521 g/mol. The van der Waals surface area contributed by atoms with Crippen LogP contribution in [0.1, 0.15) is 17.2 Å². The molecule has 1 fully saturated rings. The van der Waals surface area contributed by atoms with Crippen LogP contribution in [0.25, 0.3) is 22.5 Å². The summed E-state index contributed by atoms with van der Waals surface area (Å²) in [5.74, 6) is 0.429. The number of nitriles is 1. The Morgan fingerprint density at radius 3 is 2.45 bits per heavy atom. The number of nitrogens with one attached hydrogen (secondary N) is 2. The molecular weight excluding hydrogens is 499 g/mol. The third kappa shape index (κ3) is 4.41. The number of halogens is 3. The van der Waals surface area contributed by atoms with Crippen LogP contribution in [0.2, 0.25) is 0 Å². The Morgan fingerprint density at radius 1 is 0.921 bits per heavy atom. The summed E-state index contributed by atoms with van der Waals surface area (Å²) in [5.41, 5.74) is 3.61. The molecule has 194 valence electrons. The number of hydrogen-bond donors (Lipinski definition) is 2. The molecule has 0 saturated carbocycles. The zero-order chi connectivity index (χ0) is 26.3. The highest BCUT2D eigenvalue weighted by Crippen LogP contribution is 2.31. The molecule has 0 bridgehead atoms. The van der Waals surface area contributed by atoms with E-state index in [9.17, 15) is 18.4 Å². The largest absolute Gasteiger partial charge is 0.451 e. The number of pyridine rings is 1. The minimum atomic E-state index is -4.55. The average molecular weight is 522 g/mol. The number of hydrogen-bond acceptors (Lipinski definition) is 9. The van der Waals surface area contributed by atoms with Crippen LogP contribution in [-0.2, 0) is 19.3 Å². The maximum Gasteiger partial charge on any atom is 0.451 e. The number of H-pyrrole nitrogens is 1. The molecule has 0 aliphatic carbocycles. The van der Waals surface area contributed by atoms with E-state index in [1.807, 2.05) is 18.2 Å². The van der Waals surface area contributed by atoms with E-state index < -0.39 is 12.0 Å². The van der Waals surface area contributed by atoms with Crippen molar-refractivity contribution in [2.75, 3.05) is 42.5 Å². The van der Waals surface area contributed by atoms with Crippen LogP contribution < -0.4 is 15.1 Å². The second-order valence-electron chi connectivity index (χ2n) is 9.01. The number of fused-ring (bicyclic) bond motifs is 1. The first-order valence-corrected chi connectivity index (χ1v) is 12.0. The Balaban J connectivity index is 1.21. The molecule has 2 aliphatic heterocycles. The fourth-order valence-corrected chi connectivity index (χ4v) is 4.73. The third-order valence-electron chi connectivity index (χ3n) is 6.65. The van der Waals surface area contributed by atoms with Crippen LogP contribution in [0.15, 0.2) is 36.8 Å². The maximum absolute atomic E-state index is 13.1. The van der Waals surface area contributed by atoms with E-state index in [4.69, 9.17) is 0 Å². The van der Waals surface area contributed by atoms with Gasteiger partial charge in [-0.1, -0.05) is 0 Å². The highest BCUT2D eigenvalue weighted by atomic mass is 19.4. The molecule has 0 unspecified atom stereocenters. The van der Waals surface area contributed by atoms with Gasteiger partial charge >= 0.3 is 6.18 Å². The van der Waals surface area contributed by atoms with Gasteiger partial charge in [-0.05, 0) is 18.2 Å². The highest BCUT2D eigenvalue weighted by Gasteiger charge is 2.39. The van der Waals surface area contributed by atoms with Gasteiger partial charge in [0.1, 0.15) is 11.9 Å². The molecule has 1 saturated heterocycles. The van der Waals surface area contributed by atoms with Gasteiger partial charge in [0, 0.05) is 74.7 Å². The van der Waals surface area contributed by atoms with Crippen molar-refractivity contribution in [2.24, 2.45) is 0 Å². The van der Waals surface area contributed by atoms with Gasteiger partial charge in [0.2, 0.25) is 11.8 Å². The van der Waals surface area contributed by atoms with Crippen LogP contribution in [0, 0.1) is 11.3 Å². The second kappa shape index (κ2) is 9.42. The van der Waals surface area contributed by atoms with Crippen molar-refractivity contribution in [3.05, 3.63) is 54.0 Å². The standard InChI is InChI=1S/C24H22F3N11/c25-24(26,27)22-35-34-20-14-37(7-8-38(20)22)23-31-12-17(13-32-23)18-9-15(1-2-30-18)19-10-16(11-28)21(33-19)36-5-3-29-4-6-36/h1-2,9-10,12-13,29,33H,3-8,14H2. The minimum Gasteiger partial charge on any atom is -0.355 e. The van der Waals surface area contributed by atoms with E-state index in [1.54, 1.807) is 23.5 Å². The van der Waals surface area contributed by atoms with Crippen LogP contribution in [0.5, 0.6) is 0 Å². The third-order valence-corrected chi connectivity index (χ3v) is 6.65. The molecule has 2 aliphatic rings. The van der Waals surface area contributed by atoms with Crippen LogP contribution in [0.3, 0.4) is 0 Å². The Hall–Kier alpha value is -4.51. The van der Waals surface area contributed by atoms with E-state index >= 15 is 0 Å². The Bertz CT molecular complexity index is 1490. The van der Waals surface area contributed by atoms with Gasteiger partial charge in [-0.2, -0.15) is 18.4 Å². The predicted molar refractivity (Wildman–Crippen MR) is 131 cm³/mol. The normalized spacial score (nSPS) is 15.8.